The molecule has 1 amide bonds. The van der Waals surface area contributed by atoms with Crippen molar-refractivity contribution in [3.8, 4) is 17.3 Å². The highest BCUT2D eigenvalue weighted by molar-refractivity contribution is 14.1. The summed E-state index contributed by atoms with van der Waals surface area (Å²) in [7, 11) is 0. The van der Waals surface area contributed by atoms with E-state index in [0.29, 0.717) is 35.3 Å². The molecule has 7 nitrogen and oxygen atoms in total. The second-order valence-electron chi connectivity index (χ2n) is 8.07. The van der Waals surface area contributed by atoms with E-state index in [0.717, 1.165) is 9.99 Å². The summed E-state index contributed by atoms with van der Waals surface area (Å²) >= 11 is 2.19. The Labute approximate surface area is 183 Å². The lowest BCUT2D eigenvalue weighted by Crippen LogP contribution is -2.26. The number of hydrogen-bond donors (Lipinski definition) is 1. The van der Waals surface area contributed by atoms with Gasteiger partial charge in [0.2, 0.25) is 0 Å². The van der Waals surface area contributed by atoms with Crippen LogP contribution in [-0.2, 0) is 0 Å². The molecule has 1 atom stereocenters. The Balaban J connectivity index is 1.82. The fraction of sp³-hybridized carbons (Fsp3) is 0.333. The molecule has 2 aromatic heterocycles. The number of fused-ring (bicyclic) bond motifs is 5. The SMILES string of the molecule is C[C@H]1CC(C)(C)COc2ccc(I)cc2C(=O)Nc2cccc(n2)-c2nncn21. The van der Waals surface area contributed by atoms with Crippen LogP contribution in [0.15, 0.2) is 42.7 Å². The van der Waals surface area contributed by atoms with E-state index in [9.17, 15) is 4.79 Å². The number of benzene rings is 1. The normalized spacial score (nSPS) is 18.6. The summed E-state index contributed by atoms with van der Waals surface area (Å²) in [5.74, 6) is 1.45. The Kier molecular flexibility index (Phi) is 5.28. The van der Waals surface area contributed by atoms with Crippen LogP contribution in [-0.4, -0.2) is 32.3 Å². The summed E-state index contributed by atoms with van der Waals surface area (Å²) in [5.41, 5.74) is 1.03. The quantitative estimate of drug-likeness (QED) is 0.455. The maximum absolute atomic E-state index is 13.0. The Hall–Kier alpha value is -2.49. The molecule has 0 spiro atoms. The molecule has 1 aliphatic rings. The Morgan fingerprint density at radius 1 is 1.28 bits per heavy atom. The van der Waals surface area contributed by atoms with Crippen LogP contribution in [0.25, 0.3) is 11.5 Å². The summed E-state index contributed by atoms with van der Waals surface area (Å²) < 4.78 is 9.11. The van der Waals surface area contributed by atoms with Gasteiger partial charge >= 0.3 is 0 Å². The van der Waals surface area contributed by atoms with Crippen molar-refractivity contribution in [2.75, 3.05) is 11.9 Å². The average Bonchev–Trinajstić information content (AvgIpc) is 3.16. The van der Waals surface area contributed by atoms with Crippen molar-refractivity contribution < 1.29 is 9.53 Å². The van der Waals surface area contributed by atoms with Gasteiger partial charge in [0, 0.05) is 15.0 Å². The lowest BCUT2D eigenvalue weighted by molar-refractivity contribution is 0.101. The molecule has 1 aromatic carbocycles. The highest BCUT2D eigenvalue weighted by atomic mass is 127. The number of carbonyl (C=O) groups is 1. The van der Waals surface area contributed by atoms with Gasteiger partial charge in [-0.05, 0) is 66.3 Å². The van der Waals surface area contributed by atoms with Crippen molar-refractivity contribution in [2.24, 2.45) is 5.41 Å². The summed E-state index contributed by atoms with van der Waals surface area (Å²) in [5, 5.41) is 11.2. The van der Waals surface area contributed by atoms with Crippen molar-refractivity contribution in [3.63, 3.8) is 0 Å². The minimum Gasteiger partial charge on any atom is -0.492 e. The lowest BCUT2D eigenvalue weighted by atomic mass is 9.87. The molecule has 1 N–H and O–H groups in total. The van der Waals surface area contributed by atoms with Gasteiger partial charge in [0.1, 0.15) is 23.6 Å². The van der Waals surface area contributed by atoms with Gasteiger partial charge in [-0.3, -0.25) is 4.79 Å². The van der Waals surface area contributed by atoms with Gasteiger partial charge in [-0.15, -0.1) is 10.2 Å². The Bertz CT molecular complexity index is 1060. The van der Waals surface area contributed by atoms with E-state index in [-0.39, 0.29) is 17.4 Å². The summed E-state index contributed by atoms with van der Waals surface area (Å²) in [6.07, 6.45) is 2.58. The topological polar surface area (TPSA) is 81.9 Å². The number of hydrogen-bond acceptors (Lipinski definition) is 5. The van der Waals surface area contributed by atoms with E-state index < -0.39 is 0 Å². The number of halogens is 1. The van der Waals surface area contributed by atoms with Gasteiger partial charge in [-0.1, -0.05) is 19.9 Å². The van der Waals surface area contributed by atoms with Crippen LogP contribution in [0, 0.1) is 8.99 Å². The smallest absolute Gasteiger partial charge is 0.260 e. The van der Waals surface area contributed by atoms with Gasteiger partial charge in [0.15, 0.2) is 5.82 Å². The first-order chi connectivity index (χ1) is 13.8. The largest absolute Gasteiger partial charge is 0.492 e. The molecule has 3 aromatic rings. The van der Waals surface area contributed by atoms with Crippen molar-refractivity contribution in [1.82, 2.24) is 19.7 Å². The highest BCUT2D eigenvalue weighted by Crippen LogP contribution is 2.33. The molecule has 3 heterocycles. The molecule has 0 fully saturated rings. The number of amides is 1. The predicted octanol–water partition coefficient (Wildman–Crippen LogP) is 4.57. The predicted molar refractivity (Wildman–Crippen MR) is 119 cm³/mol. The fourth-order valence-electron chi connectivity index (χ4n) is 3.60. The zero-order chi connectivity index (χ0) is 20.6. The molecule has 29 heavy (non-hydrogen) atoms. The first-order valence-corrected chi connectivity index (χ1v) is 10.5. The molecule has 1 aliphatic heterocycles. The molecule has 0 radical (unpaired) electrons. The van der Waals surface area contributed by atoms with E-state index in [1.54, 1.807) is 12.4 Å². The van der Waals surface area contributed by atoms with Crippen LogP contribution in [0.1, 0.15) is 43.6 Å². The van der Waals surface area contributed by atoms with Gasteiger partial charge in [-0.25, -0.2) is 4.98 Å². The van der Waals surface area contributed by atoms with Crippen LogP contribution in [0.5, 0.6) is 5.75 Å². The molecule has 0 saturated heterocycles. The van der Waals surface area contributed by atoms with Crippen LogP contribution in [0.3, 0.4) is 0 Å². The van der Waals surface area contributed by atoms with Gasteiger partial charge < -0.3 is 14.6 Å². The first kappa shape index (κ1) is 19.8. The minimum atomic E-state index is -0.257. The van der Waals surface area contributed by atoms with E-state index in [1.807, 2.05) is 34.9 Å². The third-order valence-corrected chi connectivity index (χ3v) is 5.59. The van der Waals surface area contributed by atoms with Crippen molar-refractivity contribution in [2.45, 2.75) is 33.2 Å². The monoisotopic (exact) mass is 503 g/mol. The number of pyridine rings is 1. The molecule has 4 rings (SSSR count). The van der Waals surface area contributed by atoms with Crippen molar-refractivity contribution in [1.29, 1.82) is 0 Å². The van der Waals surface area contributed by atoms with Crippen molar-refractivity contribution >= 4 is 34.3 Å². The van der Waals surface area contributed by atoms with E-state index in [4.69, 9.17) is 4.74 Å². The first-order valence-electron chi connectivity index (χ1n) is 9.43. The number of ether oxygens (including phenoxy) is 1. The number of rotatable bonds is 0. The van der Waals surface area contributed by atoms with Crippen LogP contribution >= 0.6 is 22.6 Å². The molecular formula is C21H22IN5O2. The molecule has 8 heteroatoms. The molecule has 2 bridgehead atoms. The third-order valence-electron chi connectivity index (χ3n) is 4.92. The highest BCUT2D eigenvalue weighted by Gasteiger charge is 2.26. The Morgan fingerprint density at radius 2 is 2.10 bits per heavy atom. The molecule has 0 unspecified atom stereocenters. The minimum absolute atomic E-state index is 0.128. The number of nitrogens with zero attached hydrogens (tertiary/aromatic N) is 4. The maximum atomic E-state index is 13.0. The second kappa shape index (κ2) is 7.74. The van der Waals surface area contributed by atoms with Gasteiger partial charge in [0.25, 0.3) is 5.91 Å². The lowest BCUT2D eigenvalue weighted by Gasteiger charge is -2.29. The number of anilines is 1. The second-order valence-corrected chi connectivity index (χ2v) is 9.32. The number of aromatic nitrogens is 4. The van der Waals surface area contributed by atoms with Gasteiger partial charge in [0.05, 0.1) is 12.2 Å². The average molecular weight is 503 g/mol. The summed E-state index contributed by atoms with van der Waals surface area (Å²) in [6, 6.07) is 11.3. The molecular weight excluding hydrogens is 481 g/mol. The zero-order valence-electron chi connectivity index (χ0n) is 16.5. The molecule has 0 aliphatic carbocycles. The Morgan fingerprint density at radius 3 is 2.93 bits per heavy atom. The molecule has 0 saturated carbocycles. The third kappa shape index (κ3) is 4.26. The van der Waals surface area contributed by atoms with Crippen LogP contribution < -0.4 is 10.1 Å². The molecule has 150 valence electrons. The zero-order valence-corrected chi connectivity index (χ0v) is 18.7. The van der Waals surface area contributed by atoms with Crippen molar-refractivity contribution in [3.05, 3.63) is 51.9 Å². The van der Waals surface area contributed by atoms with E-state index in [2.05, 4.69) is 63.9 Å². The standard InChI is InChI=1S/C21H22IN5O2/c1-13-10-21(2,3)11-29-17-8-7-14(22)9-15(17)20(28)25-18-6-4-5-16(24-18)19-26-23-12-27(13)19/h4-9,12-13H,10-11H2,1-3H3,(H,24,25,28)/t13-/m0/s1. The summed E-state index contributed by atoms with van der Waals surface area (Å²) in [4.78, 5) is 17.6. The fourth-order valence-corrected chi connectivity index (χ4v) is 4.09. The maximum Gasteiger partial charge on any atom is 0.260 e. The van der Waals surface area contributed by atoms with Gasteiger partial charge in [-0.2, -0.15) is 0 Å². The van der Waals surface area contributed by atoms with Crippen LogP contribution in [0.4, 0.5) is 5.82 Å². The van der Waals surface area contributed by atoms with E-state index >= 15 is 0 Å². The van der Waals surface area contributed by atoms with E-state index in [1.165, 1.54) is 0 Å². The van der Waals surface area contributed by atoms with Crippen LogP contribution in [0.2, 0.25) is 0 Å². The number of nitrogens with one attached hydrogen (secondary N) is 1. The number of carbonyl (C=O) groups excluding carboxylic acids is 1. The summed E-state index contributed by atoms with van der Waals surface area (Å²) in [6.45, 7) is 6.94.